The minimum Gasteiger partial charge on any atom is -0.491 e. The number of rotatable bonds is 6. The van der Waals surface area contributed by atoms with Crippen LogP contribution in [0, 0.1) is 5.41 Å². The summed E-state index contributed by atoms with van der Waals surface area (Å²) in [5, 5.41) is 7.39. The molecular weight excluding hydrogens is 204 g/mol. The van der Waals surface area contributed by atoms with Crippen molar-refractivity contribution in [1.82, 2.24) is 9.88 Å². The van der Waals surface area contributed by atoms with Gasteiger partial charge in [-0.15, -0.1) is 0 Å². The number of hydrogen-bond donors (Lipinski definition) is 2. The Kier molecular flexibility index (Phi) is 4.72. The van der Waals surface area contributed by atoms with Gasteiger partial charge in [-0.3, -0.25) is 10.4 Å². The van der Waals surface area contributed by atoms with Gasteiger partial charge in [-0.05, 0) is 26.6 Å². The number of hydrogen-bond acceptors (Lipinski definition) is 4. The van der Waals surface area contributed by atoms with Crippen molar-refractivity contribution in [2.24, 2.45) is 5.73 Å². The average molecular weight is 222 g/mol. The molecule has 0 radical (unpaired) electrons. The molecule has 0 atom stereocenters. The molecule has 1 heterocycles. The summed E-state index contributed by atoms with van der Waals surface area (Å²) in [7, 11) is 4.04. The van der Waals surface area contributed by atoms with Crippen molar-refractivity contribution in [3.63, 3.8) is 0 Å². The zero-order valence-corrected chi connectivity index (χ0v) is 9.73. The first kappa shape index (κ1) is 12.4. The van der Waals surface area contributed by atoms with Gasteiger partial charge in [0.1, 0.15) is 11.6 Å². The number of nitrogens with zero attached hydrogens (tertiary/aromatic N) is 2. The summed E-state index contributed by atoms with van der Waals surface area (Å²) in [5.41, 5.74) is 6.03. The molecule has 0 bridgehead atoms. The molecule has 1 aromatic heterocycles. The van der Waals surface area contributed by atoms with E-state index in [-0.39, 0.29) is 5.84 Å². The molecule has 1 aromatic rings. The van der Waals surface area contributed by atoms with Crippen LogP contribution in [0.15, 0.2) is 18.5 Å². The van der Waals surface area contributed by atoms with E-state index in [1.165, 1.54) is 0 Å². The standard InChI is InChI=1S/C11H18N4O/c1-15(2)6-3-7-16-10-8-14-5-4-9(10)11(12)13/h4-5,8H,3,6-7H2,1-2H3,(H3,12,13). The summed E-state index contributed by atoms with van der Waals surface area (Å²) >= 11 is 0. The number of nitrogens with two attached hydrogens (primary N) is 1. The third kappa shape index (κ3) is 3.86. The fraction of sp³-hybridized carbons (Fsp3) is 0.455. The lowest BCUT2D eigenvalue weighted by atomic mass is 10.2. The Hall–Kier alpha value is -1.62. The SMILES string of the molecule is CN(C)CCCOc1cnccc1C(=N)N. The highest BCUT2D eigenvalue weighted by molar-refractivity contribution is 5.97. The zero-order chi connectivity index (χ0) is 12.0. The molecule has 3 N–H and O–H groups in total. The summed E-state index contributed by atoms with van der Waals surface area (Å²) in [5.74, 6) is 0.582. The number of aromatic nitrogens is 1. The lowest BCUT2D eigenvalue weighted by molar-refractivity contribution is 0.280. The molecule has 0 fully saturated rings. The Morgan fingerprint density at radius 2 is 2.31 bits per heavy atom. The smallest absolute Gasteiger partial charge is 0.148 e. The molecule has 0 amide bonds. The monoisotopic (exact) mass is 222 g/mol. The number of ether oxygens (including phenoxy) is 1. The first-order valence-corrected chi connectivity index (χ1v) is 5.17. The summed E-state index contributed by atoms with van der Waals surface area (Å²) in [6.45, 7) is 1.57. The molecule has 0 saturated heterocycles. The van der Waals surface area contributed by atoms with Crippen molar-refractivity contribution in [1.29, 1.82) is 5.41 Å². The molecular formula is C11H18N4O. The van der Waals surface area contributed by atoms with Crippen LogP contribution in [0.3, 0.4) is 0 Å². The van der Waals surface area contributed by atoms with Crippen molar-refractivity contribution in [3.8, 4) is 5.75 Å². The van der Waals surface area contributed by atoms with Crippen LogP contribution in [0.25, 0.3) is 0 Å². The van der Waals surface area contributed by atoms with Crippen LogP contribution < -0.4 is 10.5 Å². The molecule has 88 valence electrons. The lowest BCUT2D eigenvalue weighted by Crippen LogP contribution is -2.17. The van der Waals surface area contributed by atoms with E-state index in [1.54, 1.807) is 18.5 Å². The maximum Gasteiger partial charge on any atom is 0.148 e. The van der Waals surface area contributed by atoms with Crippen molar-refractivity contribution < 1.29 is 4.74 Å². The normalized spacial score (nSPS) is 10.4. The number of nitrogens with one attached hydrogen (secondary N) is 1. The van der Waals surface area contributed by atoms with E-state index in [1.807, 2.05) is 14.1 Å². The Labute approximate surface area is 95.7 Å². The molecule has 5 heteroatoms. The fourth-order valence-electron chi connectivity index (χ4n) is 1.28. The summed E-state index contributed by atoms with van der Waals surface area (Å²) in [6.07, 6.45) is 4.12. The largest absolute Gasteiger partial charge is 0.491 e. The van der Waals surface area contributed by atoms with Gasteiger partial charge in [-0.25, -0.2) is 0 Å². The van der Waals surface area contributed by atoms with E-state index >= 15 is 0 Å². The quantitative estimate of drug-likeness (QED) is 0.422. The van der Waals surface area contributed by atoms with Crippen LogP contribution in [0.5, 0.6) is 5.75 Å². The van der Waals surface area contributed by atoms with Gasteiger partial charge in [0.15, 0.2) is 0 Å². The third-order valence-electron chi connectivity index (χ3n) is 2.08. The van der Waals surface area contributed by atoms with Gasteiger partial charge in [-0.1, -0.05) is 0 Å². The van der Waals surface area contributed by atoms with Crippen molar-refractivity contribution in [2.45, 2.75) is 6.42 Å². The molecule has 1 rings (SSSR count). The second-order valence-electron chi connectivity index (χ2n) is 3.79. The van der Waals surface area contributed by atoms with Gasteiger partial charge < -0.3 is 15.4 Å². The minimum atomic E-state index is 0.00464. The predicted molar refractivity (Wildman–Crippen MR) is 63.9 cm³/mol. The Morgan fingerprint density at radius 1 is 1.56 bits per heavy atom. The van der Waals surface area contributed by atoms with Gasteiger partial charge >= 0.3 is 0 Å². The molecule has 0 aliphatic heterocycles. The molecule has 0 aromatic carbocycles. The van der Waals surface area contributed by atoms with Crippen LogP contribution in [-0.4, -0.2) is 43.0 Å². The Balaban J connectivity index is 2.50. The second-order valence-corrected chi connectivity index (χ2v) is 3.79. The summed E-state index contributed by atoms with van der Waals surface area (Å²) in [4.78, 5) is 6.05. The first-order valence-electron chi connectivity index (χ1n) is 5.17. The third-order valence-corrected chi connectivity index (χ3v) is 2.08. The van der Waals surface area contributed by atoms with E-state index in [2.05, 4.69) is 9.88 Å². The maximum atomic E-state index is 7.39. The summed E-state index contributed by atoms with van der Waals surface area (Å²) < 4.78 is 5.54. The van der Waals surface area contributed by atoms with Crippen molar-refractivity contribution >= 4 is 5.84 Å². The molecule has 16 heavy (non-hydrogen) atoms. The van der Waals surface area contributed by atoms with Gasteiger partial charge in [0, 0.05) is 12.7 Å². The van der Waals surface area contributed by atoms with E-state index in [4.69, 9.17) is 15.9 Å². The van der Waals surface area contributed by atoms with E-state index in [9.17, 15) is 0 Å². The molecule has 0 unspecified atom stereocenters. The molecule has 0 aliphatic rings. The highest BCUT2D eigenvalue weighted by Crippen LogP contribution is 2.15. The van der Waals surface area contributed by atoms with Gasteiger partial charge in [0.2, 0.25) is 0 Å². The van der Waals surface area contributed by atoms with Crippen LogP contribution in [0.4, 0.5) is 0 Å². The van der Waals surface area contributed by atoms with E-state index in [0.717, 1.165) is 13.0 Å². The number of pyridine rings is 1. The zero-order valence-electron chi connectivity index (χ0n) is 9.73. The number of amidine groups is 1. The van der Waals surface area contributed by atoms with E-state index in [0.29, 0.717) is 17.9 Å². The predicted octanol–water partition coefficient (Wildman–Crippen LogP) is 0.696. The number of nitrogen functional groups attached to an aromatic ring is 1. The first-order chi connectivity index (χ1) is 7.61. The molecule has 0 saturated carbocycles. The van der Waals surface area contributed by atoms with Crippen molar-refractivity contribution in [3.05, 3.63) is 24.0 Å². The van der Waals surface area contributed by atoms with Crippen LogP contribution in [0.2, 0.25) is 0 Å². The van der Waals surface area contributed by atoms with Gasteiger partial charge in [0.25, 0.3) is 0 Å². The average Bonchev–Trinajstić information content (AvgIpc) is 2.24. The van der Waals surface area contributed by atoms with Crippen LogP contribution in [0.1, 0.15) is 12.0 Å². The Morgan fingerprint density at radius 3 is 2.94 bits per heavy atom. The van der Waals surface area contributed by atoms with Crippen LogP contribution >= 0.6 is 0 Å². The highest BCUT2D eigenvalue weighted by Gasteiger charge is 2.05. The van der Waals surface area contributed by atoms with E-state index < -0.39 is 0 Å². The fourth-order valence-corrected chi connectivity index (χ4v) is 1.28. The van der Waals surface area contributed by atoms with Crippen molar-refractivity contribution in [2.75, 3.05) is 27.2 Å². The van der Waals surface area contributed by atoms with Crippen LogP contribution in [-0.2, 0) is 0 Å². The summed E-state index contributed by atoms with van der Waals surface area (Å²) in [6, 6.07) is 1.68. The minimum absolute atomic E-state index is 0.00464. The highest BCUT2D eigenvalue weighted by atomic mass is 16.5. The Bertz CT molecular complexity index is 352. The lowest BCUT2D eigenvalue weighted by Gasteiger charge is -2.12. The van der Waals surface area contributed by atoms with Gasteiger partial charge in [-0.2, -0.15) is 0 Å². The topological polar surface area (TPSA) is 75.2 Å². The molecule has 0 aliphatic carbocycles. The van der Waals surface area contributed by atoms with Gasteiger partial charge in [0.05, 0.1) is 18.4 Å². The molecule has 5 nitrogen and oxygen atoms in total. The molecule has 0 spiro atoms. The second kappa shape index (κ2) is 6.07. The maximum absolute atomic E-state index is 7.39.